The van der Waals surface area contributed by atoms with E-state index in [-0.39, 0.29) is 0 Å². The van der Waals surface area contributed by atoms with Gasteiger partial charge in [0.15, 0.2) is 0 Å². The van der Waals surface area contributed by atoms with Crippen LogP contribution < -0.4 is 5.32 Å². The number of hydrogen-bond acceptors (Lipinski definition) is 3. The molecule has 1 heterocycles. The summed E-state index contributed by atoms with van der Waals surface area (Å²) in [5, 5.41) is 7.43. The lowest BCUT2D eigenvalue weighted by Gasteiger charge is -2.09. The molecule has 1 fully saturated rings. The minimum absolute atomic E-state index is 0.716. The zero-order chi connectivity index (χ0) is 9.97. The first-order chi connectivity index (χ1) is 6.79. The van der Waals surface area contributed by atoms with Gasteiger partial charge in [-0.15, -0.1) is 0 Å². The lowest BCUT2D eigenvalue weighted by molar-refractivity contribution is 0.488. The van der Waals surface area contributed by atoms with Gasteiger partial charge in [-0.05, 0) is 32.2 Å². The maximum atomic E-state index is 4.26. The van der Waals surface area contributed by atoms with E-state index in [0.717, 1.165) is 18.2 Å². The van der Waals surface area contributed by atoms with Crippen LogP contribution in [0.15, 0.2) is 6.33 Å². The van der Waals surface area contributed by atoms with Crippen molar-refractivity contribution in [3.63, 3.8) is 0 Å². The molecule has 0 radical (unpaired) electrons. The van der Waals surface area contributed by atoms with Crippen LogP contribution in [-0.2, 0) is 13.5 Å². The highest BCUT2D eigenvalue weighted by Gasteiger charge is 2.24. The molecule has 2 rings (SSSR count). The largest absolute Gasteiger partial charge is 0.317 e. The minimum Gasteiger partial charge on any atom is -0.317 e. The Kier molecular flexibility index (Phi) is 2.82. The molecule has 2 unspecified atom stereocenters. The van der Waals surface area contributed by atoms with E-state index in [4.69, 9.17) is 0 Å². The van der Waals surface area contributed by atoms with E-state index in [1.165, 1.54) is 19.3 Å². The molecule has 78 valence electrons. The van der Waals surface area contributed by atoms with E-state index < -0.39 is 0 Å². The SMILES string of the molecule is CNC1CCC(Cc2ncnn2C)C1. The van der Waals surface area contributed by atoms with Gasteiger partial charge in [0.05, 0.1) is 0 Å². The Morgan fingerprint density at radius 2 is 2.43 bits per heavy atom. The van der Waals surface area contributed by atoms with E-state index in [1.54, 1.807) is 6.33 Å². The Morgan fingerprint density at radius 3 is 3.00 bits per heavy atom. The van der Waals surface area contributed by atoms with Crippen LogP contribution >= 0.6 is 0 Å². The van der Waals surface area contributed by atoms with E-state index >= 15 is 0 Å². The van der Waals surface area contributed by atoms with Crippen molar-refractivity contribution in [3.05, 3.63) is 12.2 Å². The van der Waals surface area contributed by atoms with Crippen molar-refractivity contribution >= 4 is 0 Å². The Hall–Kier alpha value is -0.900. The van der Waals surface area contributed by atoms with Crippen LogP contribution in [0.4, 0.5) is 0 Å². The molecule has 0 saturated heterocycles. The second-order valence-corrected chi connectivity index (χ2v) is 4.17. The Labute approximate surface area is 84.7 Å². The van der Waals surface area contributed by atoms with Gasteiger partial charge in [-0.3, -0.25) is 4.68 Å². The van der Waals surface area contributed by atoms with Gasteiger partial charge in [-0.1, -0.05) is 0 Å². The summed E-state index contributed by atoms with van der Waals surface area (Å²) in [5.74, 6) is 1.90. The third-order valence-electron chi connectivity index (χ3n) is 3.23. The normalized spacial score (nSPS) is 27.0. The van der Waals surface area contributed by atoms with Crippen LogP contribution in [0.25, 0.3) is 0 Å². The molecular formula is C10H18N4. The van der Waals surface area contributed by atoms with Gasteiger partial charge in [0, 0.05) is 19.5 Å². The maximum Gasteiger partial charge on any atom is 0.138 e. The number of hydrogen-bond donors (Lipinski definition) is 1. The summed E-state index contributed by atoms with van der Waals surface area (Å²) in [6.07, 6.45) is 6.62. The quantitative estimate of drug-likeness (QED) is 0.772. The predicted molar refractivity (Wildman–Crippen MR) is 54.9 cm³/mol. The zero-order valence-corrected chi connectivity index (χ0v) is 8.90. The number of nitrogens with one attached hydrogen (secondary N) is 1. The van der Waals surface area contributed by atoms with Gasteiger partial charge in [-0.2, -0.15) is 5.10 Å². The summed E-state index contributed by atoms with van der Waals surface area (Å²) >= 11 is 0. The highest BCUT2D eigenvalue weighted by Crippen LogP contribution is 2.27. The van der Waals surface area contributed by atoms with Crippen molar-refractivity contribution in [1.82, 2.24) is 20.1 Å². The van der Waals surface area contributed by atoms with Crippen molar-refractivity contribution in [3.8, 4) is 0 Å². The fraction of sp³-hybridized carbons (Fsp3) is 0.800. The molecular weight excluding hydrogens is 176 g/mol. The Bertz CT molecular complexity index is 294. The van der Waals surface area contributed by atoms with E-state index in [0.29, 0.717) is 6.04 Å². The van der Waals surface area contributed by atoms with Crippen molar-refractivity contribution in [2.75, 3.05) is 7.05 Å². The first kappa shape index (κ1) is 9.65. The van der Waals surface area contributed by atoms with E-state index in [1.807, 2.05) is 11.7 Å². The molecule has 1 saturated carbocycles. The lowest BCUT2D eigenvalue weighted by Crippen LogP contribution is -2.21. The third-order valence-corrected chi connectivity index (χ3v) is 3.23. The summed E-state index contributed by atoms with van der Waals surface area (Å²) in [5.41, 5.74) is 0. The van der Waals surface area contributed by atoms with Crippen molar-refractivity contribution < 1.29 is 0 Å². The number of aryl methyl sites for hydroxylation is 1. The topological polar surface area (TPSA) is 42.7 Å². The molecule has 1 aromatic rings. The molecule has 0 bridgehead atoms. The molecule has 0 amide bonds. The Balaban J connectivity index is 1.90. The van der Waals surface area contributed by atoms with Crippen LogP contribution in [0.5, 0.6) is 0 Å². The maximum absolute atomic E-state index is 4.26. The molecule has 1 aromatic heterocycles. The number of aromatic nitrogens is 3. The zero-order valence-electron chi connectivity index (χ0n) is 8.90. The van der Waals surface area contributed by atoms with Crippen molar-refractivity contribution in [1.29, 1.82) is 0 Å². The van der Waals surface area contributed by atoms with E-state index in [9.17, 15) is 0 Å². The Morgan fingerprint density at radius 1 is 1.57 bits per heavy atom. The summed E-state index contributed by atoms with van der Waals surface area (Å²) in [4.78, 5) is 4.26. The highest BCUT2D eigenvalue weighted by molar-refractivity contribution is 4.90. The van der Waals surface area contributed by atoms with E-state index in [2.05, 4.69) is 22.4 Å². The second kappa shape index (κ2) is 4.09. The van der Waals surface area contributed by atoms with Gasteiger partial charge in [0.25, 0.3) is 0 Å². The molecule has 4 heteroatoms. The molecule has 14 heavy (non-hydrogen) atoms. The van der Waals surface area contributed by atoms with Crippen LogP contribution in [0.1, 0.15) is 25.1 Å². The number of nitrogens with zero attached hydrogens (tertiary/aromatic N) is 3. The molecule has 2 atom stereocenters. The fourth-order valence-corrected chi connectivity index (χ4v) is 2.29. The van der Waals surface area contributed by atoms with Gasteiger partial charge in [0.2, 0.25) is 0 Å². The standard InChI is InChI=1S/C10H18N4/c1-11-9-4-3-8(5-9)6-10-12-7-13-14(10)2/h7-9,11H,3-6H2,1-2H3. The molecule has 1 N–H and O–H groups in total. The van der Waals surface area contributed by atoms with Crippen LogP contribution in [0.3, 0.4) is 0 Å². The van der Waals surface area contributed by atoms with Gasteiger partial charge >= 0.3 is 0 Å². The van der Waals surface area contributed by atoms with Crippen LogP contribution in [0, 0.1) is 5.92 Å². The average Bonchev–Trinajstić information content (AvgIpc) is 2.77. The summed E-state index contributed by atoms with van der Waals surface area (Å²) in [6.45, 7) is 0. The number of rotatable bonds is 3. The minimum atomic E-state index is 0.716. The molecule has 1 aliphatic carbocycles. The summed E-state index contributed by atoms with van der Waals surface area (Å²) in [7, 11) is 4.02. The van der Waals surface area contributed by atoms with Crippen LogP contribution in [-0.4, -0.2) is 27.9 Å². The second-order valence-electron chi connectivity index (χ2n) is 4.17. The average molecular weight is 194 g/mol. The predicted octanol–water partition coefficient (Wildman–Crippen LogP) is 0.746. The summed E-state index contributed by atoms with van der Waals surface area (Å²) in [6, 6.07) is 0.716. The summed E-state index contributed by atoms with van der Waals surface area (Å²) < 4.78 is 1.88. The third kappa shape index (κ3) is 1.95. The molecule has 0 aliphatic heterocycles. The first-order valence-electron chi connectivity index (χ1n) is 5.29. The molecule has 1 aliphatic rings. The van der Waals surface area contributed by atoms with Crippen LogP contribution in [0.2, 0.25) is 0 Å². The molecule has 0 aromatic carbocycles. The first-order valence-corrected chi connectivity index (χ1v) is 5.29. The van der Waals surface area contributed by atoms with Gasteiger partial charge in [0.1, 0.15) is 12.2 Å². The van der Waals surface area contributed by atoms with Crippen molar-refractivity contribution in [2.45, 2.75) is 31.7 Å². The smallest absolute Gasteiger partial charge is 0.138 e. The molecule has 0 spiro atoms. The highest BCUT2D eigenvalue weighted by atomic mass is 15.3. The molecule has 4 nitrogen and oxygen atoms in total. The monoisotopic (exact) mass is 194 g/mol. The van der Waals surface area contributed by atoms with Crippen molar-refractivity contribution in [2.24, 2.45) is 13.0 Å². The van der Waals surface area contributed by atoms with Gasteiger partial charge in [-0.25, -0.2) is 4.98 Å². The fourth-order valence-electron chi connectivity index (χ4n) is 2.29. The van der Waals surface area contributed by atoms with Gasteiger partial charge < -0.3 is 5.32 Å². The lowest BCUT2D eigenvalue weighted by atomic mass is 10.0.